The molecule has 7 nitrogen and oxygen atoms in total. The number of nitrogens with zero attached hydrogens (tertiary/aromatic N) is 1. The largest absolute Gasteiger partial charge is 0.478 e. The lowest BCUT2D eigenvalue weighted by molar-refractivity contribution is -0.122. The molecule has 98 valence electrons. The van der Waals surface area contributed by atoms with E-state index in [0.29, 0.717) is 12.4 Å². The fraction of sp³-hybridized carbons (Fsp3) is 0.300. The molecule has 8 heteroatoms. The van der Waals surface area contributed by atoms with Gasteiger partial charge in [-0.1, -0.05) is 11.6 Å². The van der Waals surface area contributed by atoms with Crippen molar-refractivity contribution in [2.75, 3.05) is 25.1 Å². The monoisotopic (exact) mass is 273 g/mol. The van der Waals surface area contributed by atoms with Gasteiger partial charge < -0.3 is 20.9 Å². The number of carboxylic acid groups (broad SMARTS) is 1. The van der Waals surface area contributed by atoms with E-state index in [1.165, 1.54) is 12.3 Å². The first-order valence-corrected chi connectivity index (χ1v) is 5.37. The molecule has 0 aliphatic carbocycles. The number of nitrogens with two attached hydrogens (primary N) is 1. The van der Waals surface area contributed by atoms with Crippen LogP contribution in [0.5, 0.6) is 0 Å². The van der Waals surface area contributed by atoms with Gasteiger partial charge >= 0.3 is 5.97 Å². The van der Waals surface area contributed by atoms with Crippen molar-refractivity contribution >= 4 is 29.3 Å². The number of halogens is 1. The molecule has 1 aromatic rings. The van der Waals surface area contributed by atoms with Crippen LogP contribution in [0.4, 0.5) is 5.82 Å². The summed E-state index contributed by atoms with van der Waals surface area (Å²) in [5.41, 5.74) is 4.89. The molecule has 1 amide bonds. The molecule has 1 heterocycles. The highest BCUT2D eigenvalue weighted by Crippen LogP contribution is 2.19. The number of amides is 1. The molecule has 4 N–H and O–H groups in total. The van der Waals surface area contributed by atoms with Crippen LogP contribution in [0.3, 0.4) is 0 Å². The number of primary amides is 1. The van der Waals surface area contributed by atoms with Crippen molar-refractivity contribution in [2.45, 2.75) is 0 Å². The van der Waals surface area contributed by atoms with E-state index in [4.69, 9.17) is 27.2 Å². The zero-order chi connectivity index (χ0) is 13.5. The highest BCUT2D eigenvalue weighted by atomic mass is 35.5. The predicted molar refractivity (Wildman–Crippen MR) is 64.7 cm³/mol. The minimum Gasteiger partial charge on any atom is -0.478 e. The molecule has 0 fully saturated rings. The summed E-state index contributed by atoms with van der Waals surface area (Å²) >= 11 is 5.83. The smallest absolute Gasteiger partial charge is 0.337 e. The quantitative estimate of drug-likeness (QED) is 0.618. The van der Waals surface area contributed by atoms with Gasteiger partial charge in [0.25, 0.3) is 0 Å². The van der Waals surface area contributed by atoms with E-state index < -0.39 is 11.9 Å². The van der Waals surface area contributed by atoms with E-state index in [1.807, 2.05) is 0 Å². The Hall–Kier alpha value is -1.86. The number of hydrogen-bond acceptors (Lipinski definition) is 5. The molecule has 18 heavy (non-hydrogen) atoms. The average molecular weight is 274 g/mol. The number of nitrogens with one attached hydrogen (secondary N) is 1. The summed E-state index contributed by atoms with van der Waals surface area (Å²) in [5.74, 6) is -1.29. The Morgan fingerprint density at radius 1 is 1.56 bits per heavy atom. The molecule has 1 aromatic heterocycles. The van der Waals surface area contributed by atoms with Gasteiger partial charge in [-0.2, -0.15) is 0 Å². The third-order valence-corrected chi connectivity index (χ3v) is 2.16. The minimum atomic E-state index is -1.10. The maximum Gasteiger partial charge on any atom is 0.337 e. The van der Waals surface area contributed by atoms with Crippen molar-refractivity contribution < 1.29 is 19.4 Å². The zero-order valence-corrected chi connectivity index (χ0v) is 10.1. The second kappa shape index (κ2) is 6.77. The number of anilines is 1. The summed E-state index contributed by atoms with van der Waals surface area (Å²) in [5, 5.41) is 11.8. The van der Waals surface area contributed by atoms with Gasteiger partial charge in [-0.25, -0.2) is 9.78 Å². The van der Waals surface area contributed by atoms with Crippen molar-refractivity contribution in [3.05, 3.63) is 22.8 Å². The standard InChI is InChI=1S/C10H12ClN3O4/c11-7-3-6(10(16)17)4-14-9(7)13-1-2-18-5-8(12)15/h3-4H,1-2,5H2,(H2,12,15)(H,13,14)(H,16,17). The van der Waals surface area contributed by atoms with E-state index >= 15 is 0 Å². The van der Waals surface area contributed by atoms with Gasteiger partial charge in [0, 0.05) is 12.7 Å². The number of pyridine rings is 1. The second-order valence-electron chi connectivity index (χ2n) is 3.31. The number of carbonyl (C=O) groups excluding carboxylic acids is 1. The van der Waals surface area contributed by atoms with Crippen LogP contribution in [-0.4, -0.2) is 41.7 Å². The first-order chi connectivity index (χ1) is 8.50. The Bertz CT molecular complexity index is 453. The highest BCUT2D eigenvalue weighted by Gasteiger charge is 2.07. The number of aromatic carboxylic acids is 1. The SMILES string of the molecule is NC(=O)COCCNc1ncc(C(=O)O)cc1Cl. The van der Waals surface area contributed by atoms with Gasteiger partial charge in [0.1, 0.15) is 12.4 Å². The maximum absolute atomic E-state index is 10.6. The molecule has 0 aromatic carbocycles. The summed E-state index contributed by atoms with van der Waals surface area (Å²) in [7, 11) is 0. The van der Waals surface area contributed by atoms with Crippen LogP contribution < -0.4 is 11.1 Å². The van der Waals surface area contributed by atoms with Crippen molar-refractivity contribution in [1.82, 2.24) is 4.98 Å². The van der Waals surface area contributed by atoms with Crippen LogP contribution in [0.25, 0.3) is 0 Å². The van der Waals surface area contributed by atoms with Crippen LogP contribution >= 0.6 is 11.6 Å². The molecule has 0 radical (unpaired) electrons. The molecule has 0 atom stereocenters. The molecule has 1 rings (SSSR count). The van der Waals surface area contributed by atoms with E-state index in [0.717, 1.165) is 0 Å². The second-order valence-corrected chi connectivity index (χ2v) is 3.71. The lowest BCUT2D eigenvalue weighted by atomic mass is 10.3. The summed E-state index contributed by atoms with van der Waals surface area (Å²) in [6.45, 7) is 0.467. The van der Waals surface area contributed by atoms with Crippen LogP contribution in [0.2, 0.25) is 5.02 Å². The third kappa shape index (κ3) is 4.56. The van der Waals surface area contributed by atoms with Gasteiger partial charge in [0.2, 0.25) is 5.91 Å². The molecular weight excluding hydrogens is 262 g/mol. The van der Waals surface area contributed by atoms with Crippen molar-refractivity contribution in [2.24, 2.45) is 5.73 Å². The molecule has 0 spiro atoms. The Morgan fingerprint density at radius 2 is 2.28 bits per heavy atom. The van der Waals surface area contributed by atoms with Crippen LogP contribution in [0.15, 0.2) is 12.3 Å². The van der Waals surface area contributed by atoms with Crippen molar-refractivity contribution in [3.8, 4) is 0 Å². The van der Waals surface area contributed by atoms with Crippen molar-refractivity contribution in [3.63, 3.8) is 0 Å². The zero-order valence-electron chi connectivity index (χ0n) is 9.35. The Morgan fingerprint density at radius 3 is 2.83 bits per heavy atom. The van der Waals surface area contributed by atoms with E-state index in [9.17, 15) is 9.59 Å². The number of ether oxygens (including phenoxy) is 1. The predicted octanol–water partition coefficient (Wildman–Crippen LogP) is 0.347. The minimum absolute atomic E-state index is 0.00975. The van der Waals surface area contributed by atoms with Gasteiger partial charge in [0.05, 0.1) is 17.2 Å². The number of carbonyl (C=O) groups is 2. The van der Waals surface area contributed by atoms with Gasteiger partial charge in [0.15, 0.2) is 0 Å². The van der Waals surface area contributed by atoms with Crippen LogP contribution in [0.1, 0.15) is 10.4 Å². The summed E-state index contributed by atoms with van der Waals surface area (Å²) < 4.78 is 4.92. The van der Waals surface area contributed by atoms with E-state index in [1.54, 1.807) is 0 Å². The number of rotatable bonds is 7. The topological polar surface area (TPSA) is 115 Å². The maximum atomic E-state index is 10.6. The Balaban J connectivity index is 2.43. The first kappa shape index (κ1) is 14.2. The lowest BCUT2D eigenvalue weighted by Crippen LogP contribution is -2.20. The van der Waals surface area contributed by atoms with Gasteiger partial charge in [-0.05, 0) is 6.07 Å². The molecule has 0 unspecified atom stereocenters. The molecule has 0 aliphatic heterocycles. The summed E-state index contributed by atoms with van der Waals surface area (Å²) in [4.78, 5) is 24.9. The third-order valence-electron chi connectivity index (χ3n) is 1.87. The fourth-order valence-corrected chi connectivity index (χ4v) is 1.33. The van der Waals surface area contributed by atoms with Crippen LogP contribution in [-0.2, 0) is 9.53 Å². The van der Waals surface area contributed by atoms with E-state index in [2.05, 4.69) is 10.3 Å². The Kier molecular flexibility index (Phi) is 5.34. The first-order valence-electron chi connectivity index (χ1n) is 4.99. The van der Waals surface area contributed by atoms with Crippen LogP contribution in [0, 0.1) is 0 Å². The summed E-state index contributed by atoms with van der Waals surface area (Å²) in [6, 6.07) is 1.30. The number of aromatic nitrogens is 1. The summed E-state index contributed by atoms with van der Waals surface area (Å²) in [6.07, 6.45) is 1.20. The highest BCUT2D eigenvalue weighted by molar-refractivity contribution is 6.33. The molecule has 0 aliphatic rings. The fourth-order valence-electron chi connectivity index (χ4n) is 1.10. The van der Waals surface area contributed by atoms with Gasteiger partial charge in [-0.15, -0.1) is 0 Å². The molecule has 0 bridgehead atoms. The molecule has 0 saturated carbocycles. The van der Waals surface area contributed by atoms with Gasteiger partial charge in [-0.3, -0.25) is 4.79 Å². The number of hydrogen-bond donors (Lipinski definition) is 3. The molecular formula is C10H12ClN3O4. The normalized spacial score (nSPS) is 10.1. The average Bonchev–Trinajstić information content (AvgIpc) is 2.29. The Labute approximate surface area is 108 Å². The number of carboxylic acids is 1. The van der Waals surface area contributed by atoms with E-state index in [-0.39, 0.29) is 23.8 Å². The van der Waals surface area contributed by atoms with Crippen molar-refractivity contribution in [1.29, 1.82) is 0 Å². The molecule has 0 saturated heterocycles. The lowest BCUT2D eigenvalue weighted by Gasteiger charge is -2.07.